The predicted octanol–water partition coefficient (Wildman–Crippen LogP) is 2.08. The van der Waals surface area contributed by atoms with E-state index >= 15 is 0 Å². The molecule has 0 heterocycles. The van der Waals surface area contributed by atoms with Crippen LogP contribution in [0.1, 0.15) is 52.9 Å². The van der Waals surface area contributed by atoms with Gasteiger partial charge in [0.25, 0.3) is 0 Å². The first kappa shape index (κ1) is 13.9. The Bertz CT molecular complexity index is 183. The van der Waals surface area contributed by atoms with E-state index in [-0.39, 0.29) is 11.7 Å². The van der Waals surface area contributed by atoms with Gasteiger partial charge in [-0.05, 0) is 33.6 Å². The molecule has 0 unspecified atom stereocenters. The zero-order valence-corrected chi connectivity index (χ0v) is 11.0. The van der Waals surface area contributed by atoms with Crippen molar-refractivity contribution in [3.05, 3.63) is 0 Å². The van der Waals surface area contributed by atoms with Crippen molar-refractivity contribution in [3.8, 4) is 0 Å². The molecule has 1 saturated carbocycles. The van der Waals surface area contributed by atoms with Gasteiger partial charge in [-0.25, -0.2) is 0 Å². The third-order valence-electron chi connectivity index (χ3n) is 2.96. The summed E-state index contributed by atoms with van der Waals surface area (Å²) in [7, 11) is 0. The van der Waals surface area contributed by atoms with Crippen molar-refractivity contribution in [2.75, 3.05) is 13.2 Å². The van der Waals surface area contributed by atoms with Crippen molar-refractivity contribution < 1.29 is 9.84 Å². The van der Waals surface area contributed by atoms with Crippen molar-refractivity contribution in [2.45, 2.75) is 70.6 Å². The first-order valence-corrected chi connectivity index (χ1v) is 6.53. The number of aliphatic hydroxyl groups excluding tert-OH is 1. The Kier molecular flexibility index (Phi) is 5.73. The molecule has 1 rings (SSSR count). The van der Waals surface area contributed by atoms with E-state index < -0.39 is 0 Å². The monoisotopic (exact) mass is 229 g/mol. The Morgan fingerprint density at radius 2 is 1.88 bits per heavy atom. The molecular formula is C13H27NO2. The van der Waals surface area contributed by atoms with Crippen LogP contribution in [0.5, 0.6) is 0 Å². The molecule has 1 atom stereocenters. The minimum absolute atomic E-state index is 0.161. The highest BCUT2D eigenvalue weighted by Crippen LogP contribution is 2.17. The lowest BCUT2D eigenvalue weighted by Gasteiger charge is -2.26. The average molecular weight is 229 g/mol. The number of hydrogen-bond donors (Lipinski definition) is 2. The standard InChI is InChI=1S/C13H27NO2/c1-13(2,3)16-10-12(15)9-14-11-7-5-4-6-8-11/h11-12,14-15H,4-10H2,1-3H3/t12-/m1/s1. The van der Waals surface area contributed by atoms with Crippen molar-refractivity contribution >= 4 is 0 Å². The first-order valence-electron chi connectivity index (χ1n) is 6.53. The molecule has 3 nitrogen and oxygen atoms in total. The number of ether oxygens (including phenoxy) is 1. The maximum atomic E-state index is 9.76. The van der Waals surface area contributed by atoms with E-state index in [1.807, 2.05) is 20.8 Å². The minimum Gasteiger partial charge on any atom is -0.389 e. The molecule has 0 spiro atoms. The van der Waals surface area contributed by atoms with E-state index in [9.17, 15) is 5.11 Å². The van der Waals surface area contributed by atoms with Crippen molar-refractivity contribution in [2.24, 2.45) is 0 Å². The van der Waals surface area contributed by atoms with Crippen molar-refractivity contribution in [1.82, 2.24) is 5.32 Å². The molecule has 16 heavy (non-hydrogen) atoms. The minimum atomic E-state index is -0.388. The number of rotatable bonds is 5. The van der Waals surface area contributed by atoms with E-state index in [0.717, 1.165) is 0 Å². The second-order valence-electron chi connectivity index (χ2n) is 5.82. The molecule has 96 valence electrons. The fourth-order valence-electron chi connectivity index (χ4n) is 2.01. The molecule has 0 aliphatic heterocycles. The van der Waals surface area contributed by atoms with Gasteiger partial charge in [0, 0.05) is 12.6 Å². The molecule has 0 aromatic carbocycles. The molecule has 0 bridgehead atoms. The number of nitrogens with one attached hydrogen (secondary N) is 1. The normalized spacial score (nSPS) is 21.0. The Morgan fingerprint density at radius 3 is 2.44 bits per heavy atom. The quantitative estimate of drug-likeness (QED) is 0.758. The summed E-state index contributed by atoms with van der Waals surface area (Å²) < 4.78 is 5.54. The largest absolute Gasteiger partial charge is 0.389 e. The van der Waals surface area contributed by atoms with Crippen molar-refractivity contribution in [3.63, 3.8) is 0 Å². The topological polar surface area (TPSA) is 41.5 Å². The summed E-state index contributed by atoms with van der Waals surface area (Å²) in [5.74, 6) is 0. The van der Waals surface area contributed by atoms with Crippen LogP contribution in [0.25, 0.3) is 0 Å². The first-order chi connectivity index (χ1) is 7.47. The van der Waals surface area contributed by atoms with Crippen LogP contribution in [0.2, 0.25) is 0 Å². The third-order valence-corrected chi connectivity index (χ3v) is 2.96. The van der Waals surface area contributed by atoms with Crippen LogP contribution in [0.15, 0.2) is 0 Å². The lowest BCUT2D eigenvalue weighted by atomic mass is 9.95. The molecule has 1 fully saturated rings. The molecule has 0 radical (unpaired) electrons. The van der Waals surface area contributed by atoms with Crippen LogP contribution in [0.4, 0.5) is 0 Å². The van der Waals surface area contributed by atoms with Crippen LogP contribution in [0.3, 0.4) is 0 Å². The molecule has 0 saturated heterocycles. The third kappa shape index (κ3) is 6.46. The summed E-state index contributed by atoms with van der Waals surface area (Å²) in [6.07, 6.45) is 6.15. The van der Waals surface area contributed by atoms with Crippen LogP contribution in [0, 0.1) is 0 Å². The summed E-state index contributed by atoms with van der Waals surface area (Å²) >= 11 is 0. The van der Waals surface area contributed by atoms with Gasteiger partial charge in [0.05, 0.1) is 18.3 Å². The van der Waals surface area contributed by atoms with Gasteiger partial charge in [-0.15, -0.1) is 0 Å². The zero-order valence-electron chi connectivity index (χ0n) is 11.0. The number of aliphatic hydroxyl groups is 1. The van der Waals surface area contributed by atoms with Gasteiger partial charge >= 0.3 is 0 Å². The van der Waals surface area contributed by atoms with E-state index in [4.69, 9.17) is 4.74 Å². The van der Waals surface area contributed by atoms with Gasteiger partial charge in [-0.2, -0.15) is 0 Å². The lowest BCUT2D eigenvalue weighted by Crippen LogP contribution is -2.39. The average Bonchev–Trinajstić information content (AvgIpc) is 2.24. The second-order valence-corrected chi connectivity index (χ2v) is 5.82. The number of hydrogen-bond acceptors (Lipinski definition) is 3. The summed E-state index contributed by atoms with van der Waals surface area (Å²) in [5, 5.41) is 13.2. The van der Waals surface area contributed by atoms with Crippen LogP contribution in [-0.4, -0.2) is 36.0 Å². The molecule has 0 aromatic heterocycles. The highest BCUT2D eigenvalue weighted by molar-refractivity contribution is 4.73. The summed E-state index contributed by atoms with van der Waals surface area (Å²) in [6, 6.07) is 0.609. The molecular weight excluding hydrogens is 202 g/mol. The van der Waals surface area contributed by atoms with Crippen molar-refractivity contribution in [1.29, 1.82) is 0 Å². The fourth-order valence-corrected chi connectivity index (χ4v) is 2.01. The molecule has 1 aliphatic rings. The SMILES string of the molecule is CC(C)(C)OC[C@H](O)CNC1CCCCC1. The summed E-state index contributed by atoms with van der Waals surface area (Å²) in [5.41, 5.74) is -0.161. The van der Waals surface area contributed by atoms with Crippen LogP contribution in [-0.2, 0) is 4.74 Å². The Morgan fingerprint density at radius 1 is 1.25 bits per heavy atom. The lowest BCUT2D eigenvalue weighted by molar-refractivity contribution is -0.0485. The highest BCUT2D eigenvalue weighted by atomic mass is 16.5. The maximum absolute atomic E-state index is 9.76. The molecule has 1 aliphatic carbocycles. The van der Waals surface area contributed by atoms with Gasteiger partial charge < -0.3 is 15.2 Å². The fraction of sp³-hybridized carbons (Fsp3) is 1.00. The Balaban J connectivity index is 2.07. The van der Waals surface area contributed by atoms with Crippen LogP contribution < -0.4 is 5.32 Å². The summed E-state index contributed by atoms with van der Waals surface area (Å²) in [4.78, 5) is 0. The maximum Gasteiger partial charge on any atom is 0.0898 e. The predicted molar refractivity (Wildman–Crippen MR) is 66.6 cm³/mol. The molecule has 3 heteroatoms. The van der Waals surface area contributed by atoms with Gasteiger partial charge in [-0.3, -0.25) is 0 Å². The molecule has 0 aromatic rings. The summed E-state index contributed by atoms with van der Waals surface area (Å²) in [6.45, 7) is 7.10. The van der Waals surface area contributed by atoms with Gasteiger partial charge in [-0.1, -0.05) is 19.3 Å². The van der Waals surface area contributed by atoms with E-state index in [2.05, 4.69) is 5.32 Å². The van der Waals surface area contributed by atoms with Crippen LogP contribution >= 0.6 is 0 Å². The second kappa shape index (κ2) is 6.58. The highest BCUT2D eigenvalue weighted by Gasteiger charge is 2.16. The van der Waals surface area contributed by atoms with E-state index in [1.54, 1.807) is 0 Å². The van der Waals surface area contributed by atoms with Gasteiger partial charge in [0.15, 0.2) is 0 Å². The van der Waals surface area contributed by atoms with Gasteiger partial charge in [0.1, 0.15) is 0 Å². The molecule has 0 amide bonds. The van der Waals surface area contributed by atoms with E-state index in [1.165, 1.54) is 32.1 Å². The van der Waals surface area contributed by atoms with E-state index in [0.29, 0.717) is 19.2 Å². The smallest absolute Gasteiger partial charge is 0.0898 e. The van der Waals surface area contributed by atoms with Gasteiger partial charge in [0.2, 0.25) is 0 Å². The Labute approximate surface area is 99.6 Å². The zero-order chi connectivity index (χ0) is 12.0. The Hall–Kier alpha value is -0.120. The molecule has 2 N–H and O–H groups in total.